The van der Waals surface area contributed by atoms with Gasteiger partial charge in [-0.25, -0.2) is 4.79 Å². The first-order valence-electron chi connectivity index (χ1n) is 5.47. The van der Waals surface area contributed by atoms with Crippen LogP contribution in [0.5, 0.6) is 0 Å². The van der Waals surface area contributed by atoms with E-state index < -0.39 is 11.5 Å². The molecule has 0 radical (unpaired) electrons. The Balaban J connectivity index is 0. The Labute approximate surface area is 109 Å². The van der Waals surface area contributed by atoms with E-state index in [1.54, 1.807) is 34.6 Å². The molecular weight excluding hydrogens is 244 g/mol. The molecule has 0 heterocycles. The van der Waals surface area contributed by atoms with Crippen molar-refractivity contribution < 1.29 is 14.3 Å². The van der Waals surface area contributed by atoms with Gasteiger partial charge < -0.3 is 15.8 Å². The van der Waals surface area contributed by atoms with E-state index in [1.165, 1.54) is 0 Å². The Hall–Kier alpha value is -0.810. The summed E-state index contributed by atoms with van der Waals surface area (Å²) in [5.41, 5.74) is 4.60. The van der Waals surface area contributed by atoms with Crippen molar-refractivity contribution in [2.24, 2.45) is 11.7 Å². The Morgan fingerprint density at radius 2 is 1.82 bits per heavy atom. The van der Waals surface area contributed by atoms with Gasteiger partial charge in [-0.15, -0.1) is 12.4 Å². The first-order valence-corrected chi connectivity index (χ1v) is 5.47. The zero-order valence-electron chi connectivity index (χ0n) is 11.1. The third-order valence-electron chi connectivity index (χ3n) is 2.42. The topological polar surface area (TPSA) is 81.4 Å². The number of nitrogens with one attached hydrogen (secondary N) is 1. The van der Waals surface area contributed by atoms with Gasteiger partial charge >= 0.3 is 5.97 Å². The molecule has 0 aliphatic heterocycles. The van der Waals surface area contributed by atoms with E-state index in [-0.39, 0.29) is 30.3 Å². The second-order valence-corrected chi connectivity index (χ2v) is 4.48. The summed E-state index contributed by atoms with van der Waals surface area (Å²) in [5.74, 6) is -1.03. The van der Waals surface area contributed by atoms with Crippen LogP contribution in [0.4, 0.5) is 0 Å². The molecule has 0 aliphatic carbocycles. The molecule has 0 bridgehead atoms. The summed E-state index contributed by atoms with van der Waals surface area (Å²) in [6.07, 6.45) is 0. The second kappa shape index (κ2) is 7.50. The molecular formula is C11H23ClN2O3. The van der Waals surface area contributed by atoms with Gasteiger partial charge in [0.25, 0.3) is 0 Å². The van der Waals surface area contributed by atoms with Crippen molar-refractivity contribution in [3.05, 3.63) is 0 Å². The Bertz CT molecular complexity index is 267. The molecule has 0 aromatic rings. The van der Waals surface area contributed by atoms with E-state index in [1.807, 2.05) is 0 Å². The molecule has 0 saturated carbocycles. The van der Waals surface area contributed by atoms with E-state index in [2.05, 4.69) is 5.32 Å². The largest absolute Gasteiger partial charge is 0.464 e. The highest BCUT2D eigenvalue weighted by molar-refractivity contribution is 5.88. The minimum absolute atomic E-state index is 0. The normalized spacial score (nSPS) is 14.2. The van der Waals surface area contributed by atoms with E-state index in [0.29, 0.717) is 6.61 Å². The summed E-state index contributed by atoms with van der Waals surface area (Å²) in [6, 6.07) is -0.252. The highest BCUT2D eigenvalue weighted by atomic mass is 35.5. The fourth-order valence-electron chi connectivity index (χ4n) is 1.02. The molecule has 0 fully saturated rings. The maximum atomic E-state index is 11.7. The van der Waals surface area contributed by atoms with Gasteiger partial charge in [0.15, 0.2) is 0 Å². The standard InChI is InChI=1S/C11H22N2O3.ClH/c1-6-16-10(15)11(4,5)13-9(14)7(2)8(3)12;/h7-8H,6,12H2,1-5H3,(H,13,14);1H. The number of halogens is 1. The smallest absolute Gasteiger partial charge is 0.331 e. The third-order valence-corrected chi connectivity index (χ3v) is 2.42. The van der Waals surface area contributed by atoms with Crippen molar-refractivity contribution in [3.8, 4) is 0 Å². The summed E-state index contributed by atoms with van der Waals surface area (Å²) in [4.78, 5) is 23.2. The predicted octanol–water partition coefficient (Wildman–Crippen LogP) is 0.849. The molecule has 6 heteroatoms. The number of carbonyl (C=O) groups is 2. The van der Waals surface area contributed by atoms with Crippen molar-refractivity contribution in [2.75, 3.05) is 6.61 Å². The van der Waals surface area contributed by atoms with E-state index >= 15 is 0 Å². The van der Waals surface area contributed by atoms with Gasteiger partial charge in [-0.05, 0) is 27.7 Å². The van der Waals surface area contributed by atoms with Gasteiger partial charge in [0.2, 0.25) is 5.91 Å². The summed E-state index contributed by atoms with van der Waals surface area (Å²) in [6.45, 7) is 8.71. The van der Waals surface area contributed by atoms with Crippen LogP contribution < -0.4 is 11.1 Å². The zero-order chi connectivity index (χ0) is 12.9. The number of hydrogen-bond acceptors (Lipinski definition) is 4. The number of esters is 1. The molecule has 0 aromatic carbocycles. The van der Waals surface area contributed by atoms with E-state index in [4.69, 9.17) is 10.5 Å². The lowest BCUT2D eigenvalue weighted by molar-refractivity contribution is -0.152. The SMILES string of the molecule is CCOC(=O)C(C)(C)NC(=O)C(C)C(C)N.Cl. The first-order chi connectivity index (χ1) is 7.22. The van der Waals surface area contributed by atoms with Gasteiger partial charge in [-0.3, -0.25) is 4.79 Å². The molecule has 3 N–H and O–H groups in total. The average Bonchev–Trinajstić information content (AvgIpc) is 2.16. The number of amides is 1. The monoisotopic (exact) mass is 266 g/mol. The molecule has 0 spiro atoms. The Morgan fingerprint density at radius 1 is 1.35 bits per heavy atom. The van der Waals surface area contributed by atoms with Crippen molar-refractivity contribution in [1.82, 2.24) is 5.32 Å². The lowest BCUT2D eigenvalue weighted by Crippen LogP contribution is -2.53. The van der Waals surface area contributed by atoms with Crippen molar-refractivity contribution in [3.63, 3.8) is 0 Å². The van der Waals surface area contributed by atoms with Crippen LogP contribution in [0, 0.1) is 5.92 Å². The average molecular weight is 267 g/mol. The predicted molar refractivity (Wildman–Crippen MR) is 68.9 cm³/mol. The molecule has 2 atom stereocenters. The van der Waals surface area contributed by atoms with Gasteiger partial charge in [-0.1, -0.05) is 6.92 Å². The van der Waals surface area contributed by atoms with Crippen LogP contribution in [0.2, 0.25) is 0 Å². The summed E-state index contributed by atoms with van der Waals surface area (Å²) >= 11 is 0. The van der Waals surface area contributed by atoms with Crippen LogP contribution in [0.3, 0.4) is 0 Å². The number of carbonyl (C=O) groups excluding carboxylic acids is 2. The molecule has 0 saturated heterocycles. The van der Waals surface area contributed by atoms with Crippen molar-refractivity contribution >= 4 is 24.3 Å². The lowest BCUT2D eigenvalue weighted by atomic mass is 10.00. The molecule has 0 aliphatic rings. The minimum Gasteiger partial charge on any atom is -0.464 e. The van der Waals surface area contributed by atoms with Gasteiger partial charge in [0.1, 0.15) is 5.54 Å². The van der Waals surface area contributed by atoms with Crippen LogP contribution >= 0.6 is 12.4 Å². The quantitative estimate of drug-likeness (QED) is 0.723. The van der Waals surface area contributed by atoms with Crippen LogP contribution in [0.15, 0.2) is 0 Å². The van der Waals surface area contributed by atoms with Crippen LogP contribution in [0.25, 0.3) is 0 Å². The number of ether oxygens (including phenoxy) is 1. The second-order valence-electron chi connectivity index (χ2n) is 4.48. The Kier molecular flexibility index (Phi) is 8.19. The van der Waals surface area contributed by atoms with Crippen molar-refractivity contribution in [1.29, 1.82) is 0 Å². The minimum atomic E-state index is -1.02. The maximum Gasteiger partial charge on any atom is 0.331 e. The number of hydrogen-bond donors (Lipinski definition) is 2. The summed E-state index contributed by atoms with van der Waals surface area (Å²) < 4.78 is 4.86. The highest BCUT2D eigenvalue weighted by Crippen LogP contribution is 2.08. The molecule has 0 rings (SSSR count). The molecule has 17 heavy (non-hydrogen) atoms. The number of nitrogens with two attached hydrogens (primary N) is 1. The van der Waals surface area contributed by atoms with Crippen LogP contribution in [-0.4, -0.2) is 30.1 Å². The highest BCUT2D eigenvalue weighted by Gasteiger charge is 2.32. The molecule has 2 unspecified atom stereocenters. The Morgan fingerprint density at radius 3 is 2.18 bits per heavy atom. The zero-order valence-corrected chi connectivity index (χ0v) is 11.9. The van der Waals surface area contributed by atoms with Crippen LogP contribution in [0.1, 0.15) is 34.6 Å². The molecule has 0 aromatic heterocycles. The molecule has 5 nitrogen and oxygen atoms in total. The van der Waals surface area contributed by atoms with Gasteiger partial charge in [0.05, 0.1) is 6.61 Å². The van der Waals surface area contributed by atoms with Gasteiger partial charge in [0, 0.05) is 12.0 Å². The maximum absolute atomic E-state index is 11.7. The van der Waals surface area contributed by atoms with Gasteiger partial charge in [-0.2, -0.15) is 0 Å². The fraction of sp³-hybridized carbons (Fsp3) is 0.818. The third kappa shape index (κ3) is 5.89. The van der Waals surface area contributed by atoms with E-state index in [0.717, 1.165) is 0 Å². The van der Waals surface area contributed by atoms with Crippen LogP contribution in [-0.2, 0) is 14.3 Å². The lowest BCUT2D eigenvalue weighted by Gasteiger charge is -2.26. The molecule has 102 valence electrons. The fourth-order valence-corrected chi connectivity index (χ4v) is 1.02. The summed E-state index contributed by atoms with van der Waals surface area (Å²) in [7, 11) is 0. The van der Waals surface area contributed by atoms with E-state index in [9.17, 15) is 9.59 Å². The van der Waals surface area contributed by atoms with Crippen molar-refractivity contribution in [2.45, 2.75) is 46.2 Å². The molecule has 1 amide bonds. The summed E-state index contributed by atoms with van der Waals surface area (Å²) in [5, 5.41) is 2.63. The first kappa shape index (κ1) is 18.6. The number of rotatable bonds is 5.